The third-order valence-corrected chi connectivity index (χ3v) is 5.78. The molecule has 0 atom stereocenters. The topological polar surface area (TPSA) is 74.3 Å². The summed E-state index contributed by atoms with van der Waals surface area (Å²) in [5, 5.41) is 0. The van der Waals surface area contributed by atoms with Crippen LogP contribution in [-0.2, 0) is 25.8 Å². The number of carbonyl (C=O) groups is 1. The number of carbonyl (C=O) groups excluding carboxylic acids is 1. The highest BCUT2D eigenvalue weighted by Gasteiger charge is 2.36. The average molecular weight is 380 g/mol. The van der Waals surface area contributed by atoms with Gasteiger partial charge in [-0.3, -0.25) is 4.79 Å². The van der Waals surface area contributed by atoms with Gasteiger partial charge in [-0.05, 0) is 30.2 Å². The van der Waals surface area contributed by atoms with Crippen LogP contribution < -0.4 is 0 Å². The quantitative estimate of drug-likeness (QED) is 0.329. The van der Waals surface area contributed by atoms with Gasteiger partial charge in [0.1, 0.15) is 11.5 Å². The van der Waals surface area contributed by atoms with E-state index in [0.29, 0.717) is 16.7 Å². The fourth-order valence-corrected chi connectivity index (χ4v) is 4.01. The number of Topliss-reactive ketones (excluding diaryl/α,β-unsaturated/α-hetero) is 1. The van der Waals surface area contributed by atoms with E-state index in [1.54, 1.807) is 0 Å². The molecule has 0 aliphatic carbocycles. The molecule has 0 bridgehead atoms. The van der Waals surface area contributed by atoms with Crippen LogP contribution in [0.15, 0.2) is 0 Å². The summed E-state index contributed by atoms with van der Waals surface area (Å²) >= 11 is 0. The minimum Gasteiger partial charge on any atom is -0.741 e. The van der Waals surface area contributed by atoms with Gasteiger partial charge in [0, 0.05) is 6.42 Å². The molecule has 140 valence electrons. The van der Waals surface area contributed by atoms with E-state index < -0.39 is 15.6 Å². The number of unbranched alkanes of at least 4 members (excludes halogenated alkanes) is 2. The van der Waals surface area contributed by atoms with Gasteiger partial charge in [-0.25, -0.2) is 8.42 Å². The smallest absolute Gasteiger partial charge is 0.485 e. The minimum absolute atomic E-state index is 0.395. The molecule has 0 fully saturated rings. The number of rotatable bonds is 10. The van der Waals surface area contributed by atoms with E-state index in [1.807, 2.05) is 0 Å². The van der Waals surface area contributed by atoms with E-state index in [1.165, 1.54) is 37.2 Å². The van der Waals surface area contributed by atoms with E-state index in [4.69, 9.17) is 13.0 Å². The molecule has 0 heterocycles. The second-order valence-corrected chi connectivity index (χ2v) is 8.76. The van der Waals surface area contributed by atoms with Crippen LogP contribution in [0.2, 0.25) is 0 Å². The van der Waals surface area contributed by atoms with Crippen LogP contribution in [0.25, 0.3) is 0 Å². The van der Waals surface area contributed by atoms with Crippen LogP contribution in [0.3, 0.4) is 0 Å². The average Bonchev–Trinajstić information content (AvgIpc) is 2.40. The normalized spacial score (nSPS) is 12.0. The van der Waals surface area contributed by atoms with E-state index >= 15 is 0 Å². The van der Waals surface area contributed by atoms with Gasteiger partial charge in [0.15, 0.2) is 21.7 Å². The molecular formula is C14H27F3O4S2. The first-order chi connectivity index (χ1) is 10.5. The Bertz CT molecular complexity index is 401. The molecule has 0 aliphatic heterocycles. The molecule has 0 amide bonds. The van der Waals surface area contributed by atoms with Crippen LogP contribution in [0.5, 0.6) is 0 Å². The molecule has 0 N–H and O–H groups in total. The highest BCUT2D eigenvalue weighted by molar-refractivity contribution is 7.97. The van der Waals surface area contributed by atoms with Crippen molar-refractivity contribution in [2.45, 2.75) is 64.8 Å². The summed E-state index contributed by atoms with van der Waals surface area (Å²) in [6.07, 6.45) is 6.92. The van der Waals surface area contributed by atoms with Crippen molar-refractivity contribution in [2.75, 3.05) is 17.3 Å². The second-order valence-electron chi connectivity index (χ2n) is 5.06. The van der Waals surface area contributed by atoms with Crippen molar-refractivity contribution >= 4 is 26.8 Å². The molecule has 23 heavy (non-hydrogen) atoms. The number of ketones is 1. The summed E-state index contributed by atoms with van der Waals surface area (Å²) < 4.78 is 58.9. The predicted octanol–water partition coefficient (Wildman–Crippen LogP) is 3.63. The van der Waals surface area contributed by atoms with E-state index in [2.05, 4.69) is 20.8 Å². The van der Waals surface area contributed by atoms with Crippen LogP contribution in [-0.4, -0.2) is 41.5 Å². The Morgan fingerprint density at radius 3 is 1.65 bits per heavy atom. The first-order valence-electron chi connectivity index (χ1n) is 7.67. The Morgan fingerprint density at radius 1 is 1.00 bits per heavy atom. The molecular weight excluding hydrogens is 353 g/mol. The lowest BCUT2D eigenvalue weighted by atomic mass is 10.3. The Labute approximate surface area is 140 Å². The van der Waals surface area contributed by atoms with Crippen LogP contribution in [0.1, 0.15) is 59.3 Å². The Hall–Kier alpha value is -0.280. The molecule has 0 saturated carbocycles. The fourth-order valence-electron chi connectivity index (χ4n) is 1.52. The van der Waals surface area contributed by atoms with Crippen molar-refractivity contribution < 1.29 is 30.9 Å². The molecule has 0 aliphatic rings. The third-order valence-electron chi connectivity index (χ3n) is 2.75. The van der Waals surface area contributed by atoms with E-state index in [9.17, 15) is 18.0 Å². The summed E-state index contributed by atoms with van der Waals surface area (Å²) in [7, 11) is -5.70. The van der Waals surface area contributed by atoms with Gasteiger partial charge in [-0.1, -0.05) is 33.6 Å². The molecule has 0 rings (SSSR count). The van der Waals surface area contributed by atoms with Crippen molar-refractivity contribution in [2.24, 2.45) is 0 Å². The number of hydrogen-bond donors (Lipinski definition) is 0. The predicted molar refractivity (Wildman–Crippen MR) is 87.4 cm³/mol. The van der Waals surface area contributed by atoms with Crippen molar-refractivity contribution in [1.82, 2.24) is 0 Å². The third kappa shape index (κ3) is 15.0. The largest absolute Gasteiger partial charge is 0.741 e. The van der Waals surface area contributed by atoms with Crippen molar-refractivity contribution in [3.63, 3.8) is 0 Å². The van der Waals surface area contributed by atoms with Crippen molar-refractivity contribution in [3.8, 4) is 0 Å². The fraction of sp³-hybridized carbons (Fsp3) is 0.929. The first-order valence-corrected chi connectivity index (χ1v) is 10.8. The number of hydrogen-bond acceptors (Lipinski definition) is 4. The first kappa shape index (κ1) is 25.0. The Balaban J connectivity index is 0. The minimum atomic E-state index is -6.09. The maximum atomic E-state index is 11.6. The zero-order valence-corrected chi connectivity index (χ0v) is 15.6. The zero-order valence-electron chi connectivity index (χ0n) is 13.9. The SMILES string of the molecule is CCCC[S+](CCCC)CC(=O)CCC.O=S(=O)([O-])C(F)(F)F. The highest BCUT2D eigenvalue weighted by Crippen LogP contribution is 2.20. The maximum Gasteiger partial charge on any atom is 0.485 e. The van der Waals surface area contributed by atoms with Crippen molar-refractivity contribution in [1.29, 1.82) is 0 Å². The van der Waals surface area contributed by atoms with Gasteiger partial charge in [0.2, 0.25) is 0 Å². The summed E-state index contributed by atoms with van der Waals surface area (Å²) in [6, 6.07) is 0. The molecule has 0 aromatic heterocycles. The van der Waals surface area contributed by atoms with Gasteiger partial charge < -0.3 is 4.55 Å². The highest BCUT2D eigenvalue weighted by atomic mass is 32.2. The maximum absolute atomic E-state index is 11.6. The standard InChI is InChI=1S/C13H27OS.CHF3O3S/c1-4-7-10-15(11-8-5-2)12-13(14)9-6-3;2-1(3,4)8(5,6)7/h4-12H2,1-3H3;(H,5,6,7)/q+1;/p-1. The van der Waals surface area contributed by atoms with Gasteiger partial charge in [0.05, 0.1) is 0 Å². The summed E-state index contributed by atoms with van der Waals surface area (Å²) in [5.74, 6) is 3.93. The lowest BCUT2D eigenvalue weighted by molar-refractivity contribution is -0.116. The molecule has 0 saturated heterocycles. The lowest BCUT2D eigenvalue weighted by Gasteiger charge is -2.08. The van der Waals surface area contributed by atoms with Crippen LogP contribution >= 0.6 is 0 Å². The molecule has 0 aromatic carbocycles. The van der Waals surface area contributed by atoms with E-state index in [-0.39, 0.29) is 0 Å². The summed E-state index contributed by atoms with van der Waals surface area (Å²) in [6.45, 7) is 6.55. The zero-order chi connectivity index (χ0) is 18.5. The van der Waals surface area contributed by atoms with E-state index in [0.717, 1.165) is 18.6 Å². The van der Waals surface area contributed by atoms with Gasteiger partial charge in [0.25, 0.3) is 0 Å². The Kier molecular flexibility index (Phi) is 14.2. The van der Waals surface area contributed by atoms with Gasteiger partial charge in [-0.15, -0.1) is 0 Å². The monoisotopic (exact) mass is 380 g/mol. The molecule has 0 unspecified atom stereocenters. The second kappa shape index (κ2) is 13.1. The molecule has 4 nitrogen and oxygen atoms in total. The summed E-state index contributed by atoms with van der Waals surface area (Å²) in [4.78, 5) is 11.6. The number of alkyl halides is 3. The van der Waals surface area contributed by atoms with Gasteiger partial charge in [-0.2, -0.15) is 13.2 Å². The molecule has 0 radical (unpaired) electrons. The summed E-state index contributed by atoms with van der Waals surface area (Å²) in [5.41, 5.74) is -5.65. The van der Waals surface area contributed by atoms with Crippen molar-refractivity contribution in [3.05, 3.63) is 0 Å². The number of halogens is 3. The Morgan fingerprint density at radius 2 is 1.39 bits per heavy atom. The molecule has 0 spiro atoms. The van der Waals surface area contributed by atoms with Gasteiger partial charge >= 0.3 is 5.51 Å². The van der Waals surface area contributed by atoms with Crippen LogP contribution in [0.4, 0.5) is 13.2 Å². The van der Waals surface area contributed by atoms with Crippen LogP contribution in [0, 0.1) is 0 Å². The molecule has 9 heteroatoms. The lowest BCUT2D eigenvalue weighted by Crippen LogP contribution is -2.22. The molecule has 0 aromatic rings.